The molecule has 0 heterocycles. The molecule has 0 bridgehead atoms. The minimum atomic E-state index is -0.162. The fourth-order valence-electron chi connectivity index (χ4n) is 0.910. The summed E-state index contributed by atoms with van der Waals surface area (Å²) in [5.41, 5.74) is 11.2. The average Bonchev–Trinajstić information content (AvgIpc) is 2.17. The van der Waals surface area contributed by atoms with E-state index in [2.05, 4.69) is 17.2 Å². The Morgan fingerprint density at radius 3 is 2.33 bits per heavy atom. The lowest BCUT2D eigenvalue weighted by Gasteiger charge is -2.02. The van der Waals surface area contributed by atoms with Crippen LogP contribution in [0.4, 0.5) is 5.69 Å². The van der Waals surface area contributed by atoms with Crippen LogP contribution in [0, 0.1) is 0 Å². The Kier molecular flexibility index (Phi) is 3.87. The summed E-state index contributed by atoms with van der Waals surface area (Å²) in [5, 5.41) is -0.162. The molecule has 1 aromatic carbocycles. The number of nitrogens with zero attached hydrogens (tertiary/aromatic N) is 1. The summed E-state index contributed by atoms with van der Waals surface area (Å²) in [7, 11) is 1.59. The first-order chi connectivity index (χ1) is 7.11. The van der Waals surface area contributed by atoms with Gasteiger partial charge in [-0.15, -0.1) is 0 Å². The van der Waals surface area contributed by atoms with Gasteiger partial charge in [0.1, 0.15) is 5.75 Å². The number of thiocarbonyl (C=S) groups is 1. The molecule has 0 radical (unpaired) electrons. The number of hydrogen-bond acceptors (Lipinski definition) is 4. The van der Waals surface area contributed by atoms with Crippen molar-refractivity contribution < 1.29 is 9.47 Å². The summed E-state index contributed by atoms with van der Waals surface area (Å²) in [6.07, 6.45) is 0. The van der Waals surface area contributed by atoms with Crippen LogP contribution in [0.5, 0.6) is 5.75 Å². The summed E-state index contributed by atoms with van der Waals surface area (Å²) in [5.74, 6) is 0.739. The number of amidine groups is 1. The van der Waals surface area contributed by atoms with Gasteiger partial charge in [0, 0.05) is 0 Å². The van der Waals surface area contributed by atoms with Crippen LogP contribution in [0.2, 0.25) is 0 Å². The highest BCUT2D eigenvalue weighted by molar-refractivity contribution is 7.80. The van der Waals surface area contributed by atoms with Crippen LogP contribution in [0.3, 0.4) is 0 Å². The van der Waals surface area contributed by atoms with E-state index in [1.165, 1.54) is 0 Å². The minimum Gasteiger partial charge on any atom is -0.497 e. The predicted octanol–water partition coefficient (Wildman–Crippen LogP) is 0.902. The van der Waals surface area contributed by atoms with Crippen molar-refractivity contribution >= 4 is 29.1 Å². The molecule has 0 aliphatic heterocycles. The van der Waals surface area contributed by atoms with Crippen LogP contribution in [-0.2, 0) is 4.74 Å². The quantitative estimate of drug-likeness (QED) is 0.444. The van der Waals surface area contributed by atoms with Gasteiger partial charge in [-0.05, 0) is 36.5 Å². The highest BCUT2D eigenvalue weighted by atomic mass is 32.1. The lowest BCUT2D eigenvalue weighted by molar-refractivity contribution is 0.415. The number of nitrogens with two attached hydrogens (primary N) is 2. The van der Waals surface area contributed by atoms with Crippen molar-refractivity contribution in [1.82, 2.24) is 0 Å². The van der Waals surface area contributed by atoms with Gasteiger partial charge in [-0.1, -0.05) is 0 Å². The van der Waals surface area contributed by atoms with Crippen LogP contribution in [0.15, 0.2) is 29.3 Å². The molecule has 0 saturated carbocycles. The van der Waals surface area contributed by atoms with Crippen LogP contribution < -0.4 is 16.2 Å². The Hall–Kier alpha value is -1.82. The SMILES string of the molecule is COc1ccc(N=C(N)OC(N)=S)cc1. The molecule has 0 saturated heterocycles. The zero-order valence-electron chi connectivity index (χ0n) is 8.14. The first-order valence-corrected chi connectivity index (χ1v) is 4.48. The molecule has 0 fully saturated rings. The molecule has 0 aromatic heterocycles. The molecule has 5 nitrogen and oxygen atoms in total. The summed E-state index contributed by atoms with van der Waals surface area (Å²) in [4.78, 5) is 3.92. The third-order valence-corrected chi connectivity index (χ3v) is 1.60. The first-order valence-electron chi connectivity index (χ1n) is 4.07. The Labute approximate surface area is 92.7 Å². The number of ether oxygens (including phenoxy) is 2. The van der Waals surface area contributed by atoms with E-state index in [0.29, 0.717) is 5.69 Å². The van der Waals surface area contributed by atoms with Gasteiger partial charge in [0.05, 0.1) is 12.8 Å². The van der Waals surface area contributed by atoms with Gasteiger partial charge in [-0.3, -0.25) is 0 Å². The molecule has 4 N–H and O–H groups in total. The van der Waals surface area contributed by atoms with E-state index in [9.17, 15) is 0 Å². The standard InChI is InChI=1S/C9H11N3O2S/c1-13-7-4-2-6(3-5-7)12-8(10)14-9(11)15/h2-5H,1H3,(H2,10,12)(H2,11,15). The van der Waals surface area contributed by atoms with E-state index in [1.54, 1.807) is 31.4 Å². The van der Waals surface area contributed by atoms with Gasteiger partial charge in [-0.25, -0.2) is 0 Å². The van der Waals surface area contributed by atoms with Gasteiger partial charge in [0.25, 0.3) is 11.2 Å². The van der Waals surface area contributed by atoms with Gasteiger partial charge in [0.2, 0.25) is 0 Å². The summed E-state index contributed by atoms with van der Waals surface area (Å²) >= 11 is 4.50. The fraction of sp³-hybridized carbons (Fsp3) is 0.111. The highest BCUT2D eigenvalue weighted by Crippen LogP contribution is 2.17. The third kappa shape index (κ3) is 3.82. The maximum atomic E-state index is 5.41. The molecular formula is C9H11N3O2S. The van der Waals surface area contributed by atoms with E-state index < -0.39 is 0 Å². The molecule has 80 valence electrons. The number of aliphatic imine (C=N–C) groups is 1. The maximum absolute atomic E-state index is 5.41. The largest absolute Gasteiger partial charge is 0.497 e. The summed E-state index contributed by atoms with van der Waals surface area (Å²) in [6.45, 7) is 0. The van der Waals surface area contributed by atoms with Crippen molar-refractivity contribution in [3.63, 3.8) is 0 Å². The topological polar surface area (TPSA) is 82.9 Å². The van der Waals surface area contributed by atoms with Crippen LogP contribution in [0.25, 0.3) is 0 Å². The van der Waals surface area contributed by atoms with E-state index in [4.69, 9.17) is 20.9 Å². The molecule has 0 atom stereocenters. The average molecular weight is 225 g/mol. The van der Waals surface area contributed by atoms with E-state index >= 15 is 0 Å². The highest BCUT2D eigenvalue weighted by Gasteiger charge is 1.97. The lowest BCUT2D eigenvalue weighted by Crippen LogP contribution is -2.24. The maximum Gasteiger partial charge on any atom is 0.294 e. The molecular weight excluding hydrogens is 214 g/mol. The predicted molar refractivity (Wildman–Crippen MR) is 62.1 cm³/mol. The molecule has 6 heteroatoms. The second-order valence-corrected chi connectivity index (χ2v) is 2.97. The van der Waals surface area contributed by atoms with E-state index in [1.807, 2.05) is 0 Å². The van der Waals surface area contributed by atoms with Crippen molar-refractivity contribution in [3.05, 3.63) is 24.3 Å². The van der Waals surface area contributed by atoms with Crippen molar-refractivity contribution in [2.75, 3.05) is 7.11 Å². The van der Waals surface area contributed by atoms with Gasteiger partial charge < -0.3 is 20.9 Å². The van der Waals surface area contributed by atoms with Gasteiger partial charge in [0.15, 0.2) is 0 Å². The van der Waals surface area contributed by atoms with Crippen molar-refractivity contribution in [1.29, 1.82) is 0 Å². The van der Waals surface area contributed by atoms with Gasteiger partial charge >= 0.3 is 0 Å². The Balaban J connectivity index is 2.75. The third-order valence-electron chi connectivity index (χ3n) is 1.52. The molecule has 0 unspecified atom stereocenters. The van der Waals surface area contributed by atoms with Gasteiger partial charge in [-0.2, -0.15) is 4.99 Å². The molecule has 1 rings (SSSR count). The Morgan fingerprint density at radius 1 is 1.27 bits per heavy atom. The zero-order chi connectivity index (χ0) is 11.3. The number of hydrogen-bond donors (Lipinski definition) is 2. The number of methoxy groups -OCH3 is 1. The Bertz CT molecular complexity index is 375. The van der Waals surface area contributed by atoms with E-state index in [0.717, 1.165) is 5.75 Å². The van der Waals surface area contributed by atoms with E-state index in [-0.39, 0.29) is 11.2 Å². The van der Waals surface area contributed by atoms with Crippen molar-refractivity contribution in [2.24, 2.45) is 16.5 Å². The van der Waals surface area contributed by atoms with Crippen molar-refractivity contribution in [2.45, 2.75) is 0 Å². The molecule has 1 aromatic rings. The first kappa shape index (κ1) is 11.3. The smallest absolute Gasteiger partial charge is 0.294 e. The summed E-state index contributed by atoms with van der Waals surface area (Å²) in [6, 6.07) is 6.89. The molecule has 0 spiro atoms. The van der Waals surface area contributed by atoms with Crippen molar-refractivity contribution in [3.8, 4) is 5.75 Å². The van der Waals surface area contributed by atoms with Crippen LogP contribution in [-0.4, -0.2) is 18.3 Å². The van der Waals surface area contributed by atoms with Crippen LogP contribution in [0.1, 0.15) is 0 Å². The number of benzene rings is 1. The molecule has 0 amide bonds. The second-order valence-electron chi connectivity index (χ2n) is 2.57. The molecule has 0 aliphatic carbocycles. The monoisotopic (exact) mass is 225 g/mol. The lowest BCUT2D eigenvalue weighted by atomic mass is 10.3. The molecule has 15 heavy (non-hydrogen) atoms. The number of rotatable bonds is 2. The molecule has 0 aliphatic rings. The summed E-state index contributed by atoms with van der Waals surface area (Å²) < 4.78 is 9.70. The van der Waals surface area contributed by atoms with Crippen LogP contribution >= 0.6 is 12.2 Å². The zero-order valence-corrected chi connectivity index (χ0v) is 8.95. The minimum absolute atomic E-state index is 0.0901. The Morgan fingerprint density at radius 2 is 1.87 bits per heavy atom. The second kappa shape index (κ2) is 5.16. The fourth-order valence-corrected chi connectivity index (χ4v) is 0.995. The normalized spacial score (nSPS) is 10.9.